The van der Waals surface area contributed by atoms with Crippen LogP contribution in [0, 0.1) is 6.54 Å². The second-order valence-electron chi connectivity index (χ2n) is 3.89. The fraction of sp³-hybridized carbons (Fsp3) is 0.167. The third kappa shape index (κ3) is 2.74. The predicted molar refractivity (Wildman–Crippen MR) is 68.1 cm³/mol. The van der Waals surface area contributed by atoms with Gasteiger partial charge in [-0.15, -0.1) is 0 Å². The third-order valence-electron chi connectivity index (χ3n) is 2.39. The third-order valence-corrected chi connectivity index (χ3v) is 3.52. The molecule has 0 fully saturated rings. The van der Waals surface area contributed by atoms with E-state index in [0.717, 1.165) is 17.0 Å². The molecule has 5 heteroatoms. The Kier molecular flexibility index (Phi) is 3.02. The SMILES string of the molecule is CC1=NC(c2ccc(S(C)(=O)=O)cc2)=CN[CH]1. The maximum Gasteiger partial charge on any atom is 0.175 e. The van der Waals surface area contributed by atoms with Crippen LogP contribution >= 0.6 is 0 Å². The Morgan fingerprint density at radius 1 is 1.18 bits per heavy atom. The molecule has 0 saturated carbocycles. The van der Waals surface area contributed by atoms with Crippen molar-refractivity contribution in [1.82, 2.24) is 5.32 Å². The van der Waals surface area contributed by atoms with Crippen LogP contribution in [0.4, 0.5) is 0 Å². The van der Waals surface area contributed by atoms with Gasteiger partial charge < -0.3 is 5.32 Å². The van der Waals surface area contributed by atoms with Crippen molar-refractivity contribution in [3.63, 3.8) is 0 Å². The topological polar surface area (TPSA) is 58.5 Å². The van der Waals surface area contributed by atoms with E-state index in [1.807, 2.05) is 6.92 Å². The number of benzene rings is 1. The quantitative estimate of drug-likeness (QED) is 0.866. The largest absolute Gasteiger partial charge is 0.379 e. The van der Waals surface area contributed by atoms with Crippen molar-refractivity contribution in [3.8, 4) is 0 Å². The lowest BCUT2D eigenvalue weighted by Gasteiger charge is -2.11. The molecule has 1 heterocycles. The van der Waals surface area contributed by atoms with E-state index in [1.165, 1.54) is 6.26 Å². The van der Waals surface area contributed by atoms with Crippen LogP contribution in [-0.4, -0.2) is 20.4 Å². The molecule has 4 nitrogen and oxygen atoms in total. The van der Waals surface area contributed by atoms with Crippen LogP contribution in [0.3, 0.4) is 0 Å². The Labute approximate surface area is 101 Å². The molecule has 0 aromatic heterocycles. The lowest BCUT2D eigenvalue weighted by molar-refractivity contribution is 0.602. The van der Waals surface area contributed by atoms with E-state index in [9.17, 15) is 8.42 Å². The molecule has 0 amide bonds. The molecular formula is C12H13N2O2S. The minimum Gasteiger partial charge on any atom is -0.379 e. The molecular weight excluding hydrogens is 236 g/mol. The van der Waals surface area contributed by atoms with Gasteiger partial charge in [0.2, 0.25) is 0 Å². The van der Waals surface area contributed by atoms with E-state index in [1.54, 1.807) is 37.0 Å². The van der Waals surface area contributed by atoms with Gasteiger partial charge >= 0.3 is 0 Å². The molecule has 2 rings (SSSR count). The van der Waals surface area contributed by atoms with Crippen LogP contribution in [0.5, 0.6) is 0 Å². The molecule has 1 aliphatic rings. The summed E-state index contributed by atoms with van der Waals surface area (Å²) in [5.41, 5.74) is 2.57. The highest BCUT2D eigenvalue weighted by molar-refractivity contribution is 7.90. The van der Waals surface area contributed by atoms with Gasteiger partial charge in [-0.05, 0) is 19.1 Å². The molecule has 1 aromatic carbocycles. The van der Waals surface area contributed by atoms with E-state index in [4.69, 9.17) is 0 Å². The van der Waals surface area contributed by atoms with Crippen molar-refractivity contribution in [2.45, 2.75) is 11.8 Å². The summed E-state index contributed by atoms with van der Waals surface area (Å²) in [5, 5.41) is 2.99. The fourth-order valence-electron chi connectivity index (χ4n) is 1.52. The van der Waals surface area contributed by atoms with Crippen LogP contribution in [0.15, 0.2) is 40.4 Å². The first-order chi connectivity index (χ1) is 7.97. The fourth-order valence-corrected chi connectivity index (χ4v) is 2.15. The van der Waals surface area contributed by atoms with Crippen LogP contribution in [-0.2, 0) is 9.84 Å². The lowest BCUT2D eigenvalue weighted by Crippen LogP contribution is -2.13. The molecule has 0 unspecified atom stereocenters. The average molecular weight is 249 g/mol. The van der Waals surface area contributed by atoms with Gasteiger partial charge in [-0.25, -0.2) is 8.42 Å². The first-order valence-electron chi connectivity index (χ1n) is 5.12. The van der Waals surface area contributed by atoms with Gasteiger partial charge in [0, 0.05) is 23.7 Å². The molecule has 0 saturated heterocycles. The number of sulfone groups is 1. The number of nitrogens with one attached hydrogen (secondary N) is 1. The summed E-state index contributed by atoms with van der Waals surface area (Å²) in [4.78, 5) is 4.67. The zero-order valence-corrected chi connectivity index (χ0v) is 10.5. The van der Waals surface area contributed by atoms with Crippen molar-refractivity contribution >= 4 is 21.2 Å². The minimum absolute atomic E-state index is 0.317. The standard InChI is InChI=1S/C12H13N2O2S/c1-9-7-13-8-12(14-9)10-3-5-11(6-4-10)17(2,15)16/h3-8,13H,1-2H3. The molecule has 0 aliphatic carbocycles. The van der Waals surface area contributed by atoms with Crippen molar-refractivity contribution in [3.05, 3.63) is 42.6 Å². The number of aliphatic imine (C=N–C) groups is 1. The molecule has 1 N–H and O–H groups in total. The average Bonchev–Trinajstić information content (AvgIpc) is 2.28. The Morgan fingerprint density at radius 3 is 2.35 bits per heavy atom. The van der Waals surface area contributed by atoms with Crippen molar-refractivity contribution in [2.24, 2.45) is 4.99 Å². The van der Waals surface area contributed by atoms with Gasteiger partial charge in [-0.1, -0.05) is 12.1 Å². The lowest BCUT2D eigenvalue weighted by atomic mass is 10.1. The van der Waals surface area contributed by atoms with Gasteiger partial charge in [0.1, 0.15) is 0 Å². The summed E-state index contributed by atoms with van der Waals surface area (Å²) in [7, 11) is -3.14. The molecule has 0 spiro atoms. The summed E-state index contributed by atoms with van der Waals surface area (Å²) >= 11 is 0. The maximum atomic E-state index is 11.3. The highest BCUT2D eigenvalue weighted by Gasteiger charge is 2.09. The van der Waals surface area contributed by atoms with Crippen LogP contribution in [0.1, 0.15) is 12.5 Å². The summed E-state index contributed by atoms with van der Waals surface area (Å²) < 4.78 is 22.6. The molecule has 1 aromatic rings. The highest BCUT2D eigenvalue weighted by Crippen LogP contribution is 2.20. The van der Waals surface area contributed by atoms with Crippen molar-refractivity contribution < 1.29 is 8.42 Å². The first kappa shape index (κ1) is 11.9. The first-order valence-corrected chi connectivity index (χ1v) is 7.01. The highest BCUT2D eigenvalue weighted by atomic mass is 32.2. The normalized spacial score (nSPS) is 15.9. The smallest absolute Gasteiger partial charge is 0.175 e. The van der Waals surface area contributed by atoms with E-state index < -0.39 is 9.84 Å². The zero-order valence-electron chi connectivity index (χ0n) is 9.64. The summed E-state index contributed by atoms with van der Waals surface area (Å²) in [6, 6.07) is 6.70. The Bertz CT molecular complexity index is 583. The number of hydrogen-bond donors (Lipinski definition) is 1. The van der Waals surface area contributed by atoms with E-state index >= 15 is 0 Å². The Morgan fingerprint density at radius 2 is 1.82 bits per heavy atom. The maximum absolute atomic E-state index is 11.3. The van der Waals surface area contributed by atoms with Gasteiger partial charge in [-0.3, -0.25) is 4.99 Å². The molecule has 0 atom stereocenters. The van der Waals surface area contributed by atoms with Gasteiger partial charge in [0.05, 0.1) is 17.1 Å². The number of rotatable bonds is 2. The molecule has 1 radical (unpaired) electrons. The van der Waals surface area contributed by atoms with E-state index in [-0.39, 0.29) is 0 Å². The van der Waals surface area contributed by atoms with Crippen molar-refractivity contribution in [2.75, 3.05) is 6.26 Å². The zero-order chi connectivity index (χ0) is 12.5. The second-order valence-corrected chi connectivity index (χ2v) is 5.91. The second kappa shape index (κ2) is 4.33. The monoisotopic (exact) mass is 249 g/mol. The number of hydrogen-bond acceptors (Lipinski definition) is 4. The summed E-state index contributed by atoms with van der Waals surface area (Å²) in [5.74, 6) is 0. The van der Waals surface area contributed by atoms with Crippen LogP contribution in [0.2, 0.25) is 0 Å². The Balaban J connectivity index is 2.34. The molecule has 89 valence electrons. The van der Waals surface area contributed by atoms with E-state index in [2.05, 4.69) is 10.3 Å². The van der Waals surface area contributed by atoms with Crippen LogP contribution < -0.4 is 5.32 Å². The molecule has 0 bridgehead atoms. The Hall–Kier alpha value is -1.62. The summed E-state index contributed by atoms with van der Waals surface area (Å²) in [6.45, 7) is 3.69. The van der Waals surface area contributed by atoms with Crippen LogP contribution in [0.25, 0.3) is 5.70 Å². The van der Waals surface area contributed by atoms with Gasteiger partial charge in [0.25, 0.3) is 0 Å². The summed E-state index contributed by atoms with van der Waals surface area (Å²) in [6.07, 6.45) is 2.98. The predicted octanol–water partition coefficient (Wildman–Crippen LogP) is 1.61. The van der Waals surface area contributed by atoms with Gasteiger partial charge in [-0.2, -0.15) is 0 Å². The molecule has 1 aliphatic heterocycles. The van der Waals surface area contributed by atoms with Crippen molar-refractivity contribution in [1.29, 1.82) is 0 Å². The molecule has 17 heavy (non-hydrogen) atoms. The number of nitrogens with zero attached hydrogens (tertiary/aromatic N) is 1. The van der Waals surface area contributed by atoms with E-state index in [0.29, 0.717) is 4.90 Å². The van der Waals surface area contributed by atoms with Gasteiger partial charge in [0.15, 0.2) is 9.84 Å². The minimum atomic E-state index is -3.14.